The molecule has 0 aliphatic rings. The first-order valence-electron chi connectivity index (χ1n) is 7.05. The molecule has 2 aromatic rings. The minimum absolute atomic E-state index is 0.108. The fourth-order valence-corrected chi connectivity index (χ4v) is 2.33. The molecule has 1 unspecified atom stereocenters. The van der Waals surface area contributed by atoms with Gasteiger partial charge in [0.05, 0.1) is 0 Å². The molecule has 20 heavy (non-hydrogen) atoms. The molecule has 0 spiro atoms. The highest BCUT2D eigenvalue weighted by atomic mass is 14.9. The third-order valence-electron chi connectivity index (χ3n) is 3.49. The van der Waals surface area contributed by atoms with Gasteiger partial charge in [0.1, 0.15) is 5.82 Å². The number of rotatable bonds is 4. The molecule has 1 atom stereocenters. The zero-order valence-electron chi connectivity index (χ0n) is 12.7. The average molecular weight is 269 g/mol. The van der Waals surface area contributed by atoms with Gasteiger partial charge in [0.2, 0.25) is 0 Å². The zero-order valence-corrected chi connectivity index (χ0v) is 12.7. The summed E-state index contributed by atoms with van der Waals surface area (Å²) in [4.78, 5) is 9.37. The first-order valence-corrected chi connectivity index (χ1v) is 7.05. The molecule has 3 heteroatoms. The number of nitrogens with zero attached hydrogens (tertiary/aromatic N) is 2. The van der Waals surface area contributed by atoms with Crippen molar-refractivity contribution in [2.24, 2.45) is 5.73 Å². The average Bonchev–Trinajstić information content (AvgIpc) is 2.38. The molecule has 2 rings (SSSR count). The highest BCUT2D eigenvalue weighted by Gasteiger charge is 2.26. The molecule has 0 bridgehead atoms. The summed E-state index contributed by atoms with van der Waals surface area (Å²) >= 11 is 0. The maximum Gasteiger partial charge on any atom is 0.138 e. The molecule has 0 amide bonds. The first-order chi connectivity index (χ1) is 9.39. The highest BCUT2D eigenvalue weighted by molar-refractivity contribution is 5.31. The lowest BCUT2D eigenvalue weighted by molar-refractivity contribution is 0.577. The molecule has 1 heterocycles. The van der Waals surface area contributed by atoms with Gasteiger partial charge in [0.15, 0.2) is 0 Å². The van der Waals surface area contributed by atoms with E-state index in [1.165, 1.54) is 5.56 Å². The molecule has 0 fully saturated rings. The SMILES string of the molecule is Cc1cc(CC(C)N)nc(C(C)(C)c2ccccc2)n1. The molecule has 1 aromatic carbocycles. The van der Waals surface area contributed by atoms with Gasteiger partial charge in [-0.3, -0.25) is 0 Å². The van der Waals surface area contributed by atoms with E-state index in [9.17, 15) is 0 Å². The molecule has 0 saturated carbocycles. The lowest BCUT2D eigenvalue weighted by Crippen LogP contribution is -2.25. The molecule has 0 aliphatic carbocycles. The van der Waals surface area contributed by atoms with Crippen LogP contribution in [-0.2, 0) is 11.8 Å². The Hall–Kier alpha value is -1.74. The van der Waals surface area contributed by atoms with E-state index in [0.29, 0.717) is 0 Å². The number of hydrogen-bond donors (Lipinski definition) is 1. The van der Waals surface area contributed by atoms with E-state index in [1.807, 2.05) is 26.0 Å². The van der Waals surface area contributed by atoms with Crippen molar-refractivity contribution in [2.75, 3.05) is 0 Å². The summed E-state index contributed by atoms with van der Waals surface area (Å²) in [7, 11) is 0. The Kier molecular flexibility index (Phi) is 4.19. The fourth-order valence-electron chi connectivity index (χ4n) is 2.33. The smallest absolute Gasteiger partial charge is 0.138 e. The van der Waals surface area contributed by atoms with Crippen LogP contribution in [0.4, 0.5) is 0 Å². The second kappa shape index (κ2) is 5.71. The molecule has 0 aliphatic heterocycles. The first kappa shape index (κ1) is 14.7. The van der Waals surface area contributed by atoms with E-state index in [1.54, 1.807) is 0 Å². The van der Waals surface area contributed by atoms with Crippen LogP contribution >= 0.6 is 0 Å². The van der Waals surface area contributed by atoms with Crippen LogP contribution in [0.5, 0.6) is 0 Å². The van der Waals surface area contributed by atoms with Gasteiger partial charge in [0.25, 0.3) is 0 Å². The van der Waals surface area contributed by atoms with Crippen LogP contribution < -0.4 is 5.73 Å². The molecule has 3 nitrogen and oxygen atoms in total. The molecule has 1 aromatic heterocycles. The van der Waals surface area contributed by atoms with Gasteiger partial charge in [-0.15, -0.1) is 0 Å². The Morgan fingerprint density at radius 3 is 2.40 bits per heavy atom. The highest BCUT2D eigenvalue weighted by Crippen LogP contribution is 2.29. The lowest BCUT2D eigenvalue weighted by Gasteiger charge is -2.24. The Morgan fingerprint density at radius 1 is 1.15 bits per heavy atom. The molecular weight excluding hydrogens is 246 g/mol. The number of hydrogen-bond acceptors (Lipinski definition) is 3. The Bertz CT molecular complexity index is 574. The molecule has 0 saturated heterocycles. The van der Waals surface area contributed by atoms with Crippen molar-refractivity contribution in [3.8, 4) is 0 Å². The fraction of sp³-hybridized carbons (Fsp3) is 0.412. The van der Waals surface area contributed by atoms with Gasteiger partial charge < -0.3 is 5.73 Å². The van der Waals surface area contributed by atoms with E-state index < -0.39 is 0 Å². The third kappa shape index (κ3) is 3.23. The maximum absolute atomic E-state index is 5.88. The van der Waals surface area contributed by atoms with Crippen molar-refractivity contribution in [3.05, 3.63) is 59.2 Å². The van der Waals surface area contributed by atoms with Crippen LogP contribution in [0.15, 0.2) is 36.4 Å². The Balaban J connectivity index is 2.43. The maximum atomic E-state index is 5.88. The van der Waals surface area contributed by atoms with Crippen LogP contribution in [-0.4, -0.2) is 16.0 Å². The minimum atomic E-state index is -0.208. The van der Waals surface area contributed by atoms with Crippen LogP contribution in [0.3, 0.4) is 0 Å². The summed E-state index contributed by atoms with van der Waals surface area (Å²) in [6.07, 6.45) is 0.779. The largest absolute Gasteiger partial charge is 0.328 e. The van der Waals surface area contributed by atoms with Gasteiger partial charge in [-0.1, -0.05) is 30.3 Å². The van der Waals surface area contributed by atoms with E-state index >= 15 is 0 Å². The minimum Gasteiger partial charge on any atom is -0.328 e. The van der Waals surface area contributed by atoms with Crippen molar-refractivity contribution >= 4 is 0 Å². The second-order valence-corrected chi connectivity index (χ2v) is 6.00. The number of nitrogens with two attached hydrogens (primary N) is 1. The number of benzene rings is 1. The summed E-state index contributed by atoms with van der Waals surface area (Å²) in [6.45, 7) is 8.33. The van der Waals surface area contributed by atoms with Crippen LogP contribution in [0.25, 0.3) is 0 Å². The standard InChI is InChI=1S/C17H23N3/c1-12(18)10-15-11-13(2)19-16(20-15)17(3,4)14-8-6-5-7-9-14/h5-9,11-12H,10,18H2,1-4H3. The van der Waals surface area contributed by atoms with Crippen molar-refractivity contribution < 1.29 is 0 Å². The molecular formula is C17H23N3. The van der Waals surface area contributed by atoms with E-state index in [4.69, 9.17) is 10.7 Å². The van der Waals surface area contributed by atoms with Gasteiger partial charge in [-0.25, -0.2) is 9.97 Å². The molecule has 0 radical (unpaired) electrons. The van der Waals surface area contributed by atoms with Gasteiger partial charge in [-0.05, 0) is 39.3 Å². The quantitative estimate of drug-likeness (QED) is 0.928. The van der Waals surface area contributed by atoms with E-state index in [-0.39, 0.29) is 11.5 Å². The van der Waals surface area contributed by atoms with Gasteiger partial charge in [0, 0.05) is 29.3 Å². The summed E-state index contributed by atoms with van der Waals surface area (Å²) in [5.74, 6) is 0.861. The Labute approximate surface area is 121 Å². The van der Waals surface area contributed by atoms with E-state index in [0.717, 1.165) is 23.6 Å². The van der Waals surface area contributed by atoms with E-state index in [2.05, 4.69) is 43.1 Å². The predicted molar refractivity (Wildman–Crippen MR) is 82.7 cm³/mol. The van der Waals surface area contributed by atoms with Gasteiger partial charge in [-0.2, -0.15) is 0 Å². The second-order valence-electron chi connectivity index (χ2n) is 6.00. The molecule has 106 valence electrons. The Morgan fingerprint density at radius 2 is 1.80 bits per heavy atom. The topological polar surface area (TPSA) is 51.8 Å². The summed E-state index contributed by atoms with van der Waals surface area (Å²) in [5.41, 5.74) is 8.91. The number of aryl methyl sites for hydroxylation is 1. The third-order valence-corrected chi connectivity index (χ3v) is 3.49. The van der Waals surface area contributed by atoms with Crippen molar-refractivity contribution in [3.63, 3.8) is 0 Å². The molecule has 2 N–H and O–H groups in total. The van der Waals surface area contributed by atoms with Crippen molar-refractivity contribution in [1.29, 1.82) is 0 Å². The van der Waals surface area contributed by atoms with Crippen LogP contribution in [0.2, 0.25) is 0 Å². The van der Waals surface area contributed by atoms with Crippen molar-refractivity contribution in [2.45, 2.75) is 45.6 Å². The van der Waals surface area contributed by atoms with Crippen LogP contribution in [0, 0.1) is 6.92 Å². The lowest BCUT2D eigenvalue weighted by atomic mass is 9.83. The van der Waals surface area contributed by atoms with Crippen molar-refractivity contribution in [1.82, 2.24) is 9.97 Å². The monoisotopic (exact) mass is 269 g/mol. The number of aromatic nitrogens is 2. The van der Waals surface area contributed by atoms with Crippen LogP contribution in [0.1, 0.15) is 43.5 Å². The predicted octanol–water partition coefficient (Wildman–Crippen LogP) is 3.00. The summed E-state index contributed by atoms with van der Waals surface area (Å²) < 4.78 is 0. The summed E-state index contributed by atoms with van der Waals surface area (Å²) in [5, 5.41) is 0. The zero-order chi connectivity index (χ0) is 14.8. The van der Waals surface area contributed by atoms with Gasteiger partial charge >= 0.3 is 0 Å². The summed E-state index contributed by atoms with van der Waals surface area (Å²) in [6, 6.07) is 12.5. The normalized spacial score (nSPS) is 13.2.